The maximum Gasteiger partial charge on any atom is 0.189 e. The highest BCUT2D eigenvalue weighted by Gasteiger charge is 2.29. The zero-order valence-electron chi connectivity index (χ0n) is 58.1. The van der Waals surface area contributed by atoms with Gasteiger partial charge in [-0.2, -0.15) is 0 Å². The Balaban J connectivity index is 2.53. The van der Waals surface area contributed by atoms with Gasteiger partial charge in [-0.05, 0) is 65.5 Å². The molecule has 0 radical (unpaired) electrons. The Kier molecular flexibility index (Phi) is 60.5. The van der Waals surface area contributed by atoms with Crippen LogP contribution in [0.25, 0.3) is 0 Å². The molecule has 0 bridgehead atoms. The van der Waals surface area contributed by atoms with Crippen LogP contribution in [0.1, 0.15) is 350 Å². The van der Waals surface area contributed by atoms with Gasteiger partial charge in [-0.3, -0.25) is 29.2 Å². The van der Waals surface area contributed by atoms with Gasteiger partial charge in [-0.1, -0.05) is 308 Å². The van der Waals surface area contributed by atoms with Gasteiger partial charge in [-0.15, -0.1) is 0 Å². The number of hydrogen-bond acceptors (Lipinski definition) is 12. The Morgan fingerprint density at radius 1 is 0.349 bits per heavy atom. The summed E-state index contributed by atoms with van der Waals surface area (Å²) < 4.78 is 0. The van der Waals surface area contributed by atoms with Gasteiger partial charge >= 0.3 is 0 Å². The van der Waals surface area contributed by atoms with Crippen molar-refractivity contribution in [2.45, 2.75) is 386 Å². The van der Waals surface area contributed by atoms with Crippen LogP contribution < -0.4 is 0 Å². The number of carbonyl (C=O) groups excluding carboxylic acids is 2. The van der Waals surface area contributed by atoms with E-state index in [9.17, 15) is 30.0 Å². The van der Waals surface area contributed by atoms with Gasteiger partial charge in [0.25, 0.3) is 0 Å². The number of thioether (sulfide) groups is 2. The standard InChI is InChI=1S/C74H148N4O6S2/c1-7-11-15-19-23-27-31-35-39-43-49-69(79)63-75(64-70(80)50-44-40-36-32-28-24-20-16-12-8-2)55-47-53-73(83)85-59-57-77-61-68(6)78(62-67(77)5)58-60-86-74(84)54-48-56-76(65-71(81)51-45-41-37-33-29-25-21-17-13-9-3)66-72(82)52-46-42-38-34-30-26-22-18-14-10-4/h67-72,79-82H,7-66H2,1-6H3. The van der Waals surface area contributed by atoms with Crippen LogP contribution >= 0.6 is 23.5 Å². The summed E-state index contributed by atoms with van der Waals surface area (Å²) in [5, 5.41) is 45.1. The lowest BCUT2D eigenvalue weighted by Gasteiger charge is -2.44. The molecule has 0 amide bonds. The van der Waals surface area contributed by atoms with E-state index >= 15 is 0 Å². The SMILES string of the molecule is CCCCCCCCCCCCC(O)CN(CCCC(=O)SCCN1CC(C)N(CCSC(=O)CCCN(CC(O)CCCCCCCCCCCC)CC(O)CCCCCCCCCCCC)CC1C)CC(O)CCCCCCCCCCCC. The third kappa shape index (κ3) is 53.3. The number of rotatable bonds is 66. The number of hydrogen-bond donors (Lipinski definition) is 4. The first-order chi connectivity index (χ1) is 41.9. The number of piperazine rings is 1. The van der Waals surface area contributed by atoms with Crippen LogP contribution in [0.3, 0.4) is 0 Å². The first-order valence-corrected chi connectivity index (χ1v) is 39.8. The predicted molar refractivity (Wildman–Crippen MR) is 378 cm³/mol. The molecule has 1 aliphatic rings. The molecule has 10 nitrogen and oxygen atoms in total. The molecule has 0 aromatic rings. The summed E-state index contributed by atoms with van der Waals surface area (Å²) >= 11 is 2.93. The van der Waals surface area contributed by atoms with Crippen LogP contribution in [0, 0.1) is 0 Å². The molecule has 4 N–H and O–H groups in total. The molecule has 86 heavy (non-hydrogen) atoms. The van der Waals surface area contributed by atoms with Crippen LogP contribution in [0.2, 0.25) is 0 Å². The molecule has 12 heteroatoms. The minimum absolute atomic E-state index is 0.241. The second kappa shape index (κ2) is 62.2. The normalized spacial score (nSPS) is 16.7. The lowest BCUT2D eigenvalue weighted by molar-refractivity contribution is -0.112. The number of aliphatic hydroxyl groups excluding tert-OH is 4. The fourth-order valence-electron chi connectivity index (χ4n) is 13.0. The molecule has 512 valence electrons. The van der Waals surface area contributed by atoms with Crippen LogP contribution in [-0.4, -0.2) is 164 Å². The molecule has 1 fully saturated rings. The summed E-state index contributed by atoms with van der Waals surface area (Å²) in [6.45, 7) is 21.1. The molecule has 0 saturated carbocycles. The fourth-order valence-corrected chi connectivity index (χ4v) is 14.7. The topological polar surface area (TPSA) is 128 Å². The molecule has 0 aromatic carbocycles. The Morgan fingerprint density at radius 2 is 0.558 bits per heavy atom. The second-order valence-electron chi connectivity index (χ2n) is 27.4. The molecule has 6 unspecified atom stereocenters. The molecule has 0 spiro atoms. The third-order valence-corrected chi connectivity index (χ3v) is 20.5. The number of unbranched alkanes of at least 4 members (excludes halogenated alkanes) is 36. The van der Waals surface area contributed by atoms with Crippen molar-refractivity contribution in [3.63, 3.8) is 0 Å². The summed E-state index contributed by atoms with van der Waals surface area (Å²) in [6, 6.07) is 0.753. The molecule has 0 aliphatic carbocycles. The van der Waals surface area contributed by atoms with Gasteiger partial charge in [-0.25, -0.2) is 0 Å². The first-order valence-electron chi connectivity index (χ1n) is 37.9. The molecule has 1 saturated heterocycles. The second-order valence-corrected chi connectivity index (χ2v) is 29.7. The van der Waals surface area contributed by atoms with Crippen molar-refractivity contribution in [3.8, 4) is 0 Å². The molecular weight excluding hydrogens is 1100 g/mol. The van der Waals surface area contributed by atoms with Crippen LogP contribution in [0.4, 0.5) is 0 Å². The third-order valence-electron chi connectivity index (χ3n) is 18.7. The summed E-state index contributed by atoms with van der Waals surface area (Å²) in [4.78, 5) is 36.0. The fraction of sp³-hybridized carbons (Fsp3) is 0.973. The van der Waals surface area contributed by atoms with Gasteiger partial charge < -0.3 is 20.4 Å². The van der Waals surface area contributed by atoms with Crippen LogP contribution in [-0.2, 0) is 9.59 Å². The molecule has 1 aliphatic heterocycles. The molecule has 0 aromatic heterocycles. The maximum absolute atomic E-state index is 13.3. The van der Waals surface area contributed by atoms with E-state index in [1.54, 1.807) is 0 Å². The van der Waals surface area contributed by atoms with Crippen molar-refractivity contribution in [1.82, 2.24) is 19.6 Å². The maximum atomic E-state index is 13.3. The highest BCUT2D eigenvalue weighted by molar-refractivity contribution is 8.13. The zero-order chi connectivity index (χ0) is 62.8. The number of carbonyl (C=O) groups is 2. The van der Waals surface area contributed by atoms with Crippen molar-refractivity contribution < 1.29 is 30.0 Å². The van der Waals surface area contributed by atoms with E-state index in [4.69, 9.17) is 0 Å². The highest BCUT2D eigenvalue weighted by Crippen LogP contribution is 2.22. The van der Waals surface area contributed by atoms with Crippen molar-refractivity contribution in [2.24, 2.45) is 0 Å². The van der Waals surface area contributed by atoms with E-state index < -0.39 is 24.4 Å². The number of nitrogens with zero attached hydrogens (tertiary/aromatic N) is 4. The van der Waals surface area contributed by atoms with E-state index in [0.717, 1.165) is 115 Å². The van der Waals surface area contributed by atoms with Crippen LogP contribution in [0.5, 0.6) is 0 Å². The molecule has 1 rings (SSSR count). The Hall–Kier alpha value is -0.280. The minimum atomic E-state index is -0.400. The van der Waals surface area contributed by atoms with Crippen molar-refractivity contribution >= 4 is 33.8 Å². The van der Waals surface area contributed by atoms with Crippen molar-refractivity contribution in [3.05, 3.63) is 0 Å². The minimum Gasteiger partial charge on any atom is -0.392 e. The van der Waals surface area contributed by atoms with E-state index in [2.05, 4.69) is 61.1 Å². The van der Waals surface area contributed by atoms with Crippen molar-refractivity contribution in [1.29, 1.82) is 0 Å². The van der Waals surface area contributed by atoms with E-state index in [1.165, 1.54) is 255 Å². The molecule has 1 heterocycles. The van der Waals surface area contributed by atoms with E-state index in [0.29, 0.717) is 51.1 Å². The summed E-state index contributed by atoms with van der Waals surface area (Å²) in [5.41, 5.74) is 0. The summed E-state index contributed by atoms with van der Waals surface area (Å²) in [6.07, 6.45) is 55.5. The Bertz CT molecular complexity index is 1290. The molecular formula is C74H148N4O6S2. The summed E-state index contributed by atoms with van der Waals surface area (Å²) in [5.74, 6) is 1.57. The van der Waals surface area contributed by atoms with Crippen molar-refractivity contribution in [2.75, 3.05) is 77.0 Å². The molecule has 6 atom stereocenters. The van der Waals surface area contributed by atoms with Crippen LogP contribution in [0.15, 0.2) is 0 Å². The average molecular weight is 1250 g/mol. The zero-order valence-corrected chi connectivity index (χ0v) is 59.7. The summed E-state index contributed by atoms with van der Waals surface area (Å²) in [7, 11) is 0. The van der Waals surface area contributed by atoms with Gasteiger partial charge in [0.2, 0.25) is 0 Å². The largest absolute Gasteiger partial charge is 0.392 e. The van der Waals surface area contributed by atoms with Gasteiger partial charge in [0.05, 0.1) is 24.4 Å². The van der Waals surface area contributed by atoms with Gasteiger partial charge in [0, 0.05) is 88.8 Å². The quantitative estimate of drug-likeness (QED) is 0.0433. The van der Waals surface area contributed by atoms with E-state index in [1.807, 2.05) is 0 Å². The Morgan fingerprint density at radius 3 is 0.779 bits per heavy atom. The number of aliphatic hydroxyl groups is 4. The monoisotopic (exact) mass is 1250 g/mol. The lowest BCUT2D eigenvalue weighted by atomic mass is 10.0. The average Bonchev–Trinajstić information content (AvgIpc) is 3.23. The Labute approximate surface area is 543 Å². The highest BCUT2D eigenvalue weighted by atomic mass is 32.2. The predicted octanol–water partition coefficient (Wildman–Crippen LogP) is 18.8. The van der Waals surface area contributed by atoms with E-state index in [-0.39, 0.29) is 10.2 Å². The lowest BCUT2D eigenvalue weighted by Crippen LogP contribution is -2.57. The first kappa shape index (κ1) is 83.7. The smallest absolute Gasteiger partial charge is 0.189 e. The van der Waals surface area contributed by atoms with Gasteiger partial charge in [0.15, 0.2) is 10.2 Å². The van der Waals surface area contributed by atoms with Gasteiger partial charge in [0.1, 0.15) is 0 Å².